The number of aromatic carboxylic acids is 1. The molecule has 1 aliphatic rings. The van der Waals surface area contributed by atoms with Crippen molar-refractivity contribution in [1.29, 1.82) is 0 Å². The first-order chi connectivity index (χ1) is 13.5. The zero-order chi connectivity index (χ0) is 19.8. The van der Waals surface area contributed by atoms with E-state index < -0.39 is 28.9 Å². The number of ether oxygens (including phenoxy) is 1. The van der Waals surface area contributed by atoms with Gasteiger partial charge in [0.05, 0.1) is 17.4 Å². The smallest absolute Gasteiger partial charge is 0.414 e. The summed E-state index contributed by atoms with van der Waals surface area (Å²) in [7, 11) is 0. The van der Waals surface area contributed by atoms with Crippen LogP contribution in [0, 0.1) is 5.82 Å². The molecule has 4 rings (SSSR count). The molecular formula is C20H15FN2O5. The van der Waals surface area contributed by atoms with E-state index in [1.54, 1.807) is 30.3 Å². The number of anilines is 1. The first-order valence-electron chi connectivity index (χ1n) is 8.54. The number of carbonyl (C=O) groups excluding carboxylic acids is 1. The summed E-state index contributed by atoms with van der Waals surface area (Å²) in [5.41, 5.74) is 0.450. The molecule has 0 saturated carbocycles. The number of nitrogens with zero attached hydrogens (tertiary/aromatic N) is 2. The molecular weight excluding hydrogens is 367 g/mol. The molecule has 1 aliphatic heterocycles. The average Bonchev–Trinajstić information content (AvgIpc) is 3.10. The van der Waals surface area contributed by atoms with Crippen LogP contribution in [-0.4, -0.2) is 34.9 Å². The van der Waals surface area contributed by atoms with E-state index in [2.05, 4.69) is 0 Å². The van der Waals surface area contributed by atoms with Crippen molar-refractivity contribution in [3.05, 3.63) is 75.8 Å². The van der Waals surface area contributed by atoms with Gasteiger partial charge in [0, 0.05) is 18.4 Å². The van der Waals surface area contributed by atoms with Gasteiger partial charge in [0.15, 0.2) is 0 Å². The fourth-order valence-corrected chi connectivity index (χ4v) is 3.28. The van der Waals surface area contributed by atoms with Crippen molar-refractivity contribution in [3.63, 3.8) is 0 Å². The number of amides is 1. The zero-order valence-electron chi connectivity index (χ0n) is 14.6. The Morgan fingerprint density at radius 1 is 1.14 bits per heavy atom. The number of carbonyl (C=O) groups is 2. The molecule has 1 fully saturated rings. The molecule has 1 saturated heterocycles. The molecule has 28 heavy (non-hydrogen) atoms. The van der Waals surface area contributed by atoms with Crippen molar-refractivity contribution in [1.82, 2.24) is 4.57 Å². The predicted octanol–water partition coefficient (Wildman–Crippen LogP) is 2.84. The topological polar surface area (TPSA) is 88.8 Å². The Morgan fingerprint density at radius 3 is 2.54 bits per heavy atom. The Balaban J connectivity index is 1.74. The van der Waals surface area contributed by atoms with Crippen molar-refractivity contribution in [2.45, 2.75) is 6.54 Å². The highest BCUT2D eigenvalue weighted by Crippen LogP contribution is 2.21. The minimum absolute atomic E-state index is 0.227. The first-order valence-corrected chi connectivity index (χ1v) is 8.54. The maximum absolute atomic E-state index is 14.2. The molecule has 3 aromatic rings. The van der Waals surface area contributed by atoms with Gasteiger partial charge < -0.3 is 14.4 Å². The largest absolute Gasteiger partial charge is 0.477 e. The SMILES string of the molecule is O=C(O)c1cn(Cc2ccc(N3CCOC3=O)cc2)c2cccc(F)c2c1=O. The van der Waals surface area contributed by atoms with Crippen LogP contribution in [0.4, 0.5) is 14.9 Å². The summed E-state index contributed by atoms with van der Waals surface area (Å²) in [6, 6.07) is 11.2. The van der Waals surface area contributed by atoms with E-state index in [9.17, 15) is 23.9 Å². The van der Waals surface area contributed by atoms with Gasteiger partial charge in [0.2, 0.25) is 5.43 Å². The Kier molecular flexibility index (Phi) is 4.31. The van der Waals surface area contributed by atoms with Crippen molar-refractivity contribution in [3.8, 4) is 0 Å². The van der Waals surface area contributed by atoms with Crippen LogP contribution in [0.2, 0.25) is 0 Å². The van der Waals surface area contributed by atoms with Gasteiger partial charge >= 0.3 is 12.1 Å². The Labute approximate surface area is 158 Å². The lowest BCUT2D eigenvalue weighted by atomic mass is 10.1. The third-order valence-corrected chi connectivity index (χ3v) is 4.65. The summed E-state index contributed by atoms with van der Waals surface area (Å²) in [5.74, 6) is -2.17. The van der Waals surface area contributed by atoms with Crippen LogP contribution in [-0.2, 0) is 11.3 Å². The molecule has 142 valence electrons. The molecule has 7 nitrogen and oxygen atoms in total. The van der Waals surface area contributed by atoms with Crippen LogP contribution in [0.3, 0.4) is 0 Å². The second kappa shape index (κ2) is 6.80. The Morgan fingerprint density at radius 2 is 1.89 bits per heavy atom. The van der Waals surface area contributed by atoms with Crippen LogP contribution < -0.4 is 10.3 Å². The number of rotatable bonds is 4. The van der Waals surface area contributed by atoms with Gasteiger partial charge in [-0.3, -0.25) is 9.69 Å². The number of aromatic nitrogens is 1. The molecule has 2 heterocycles. The summed E-state index contributed by atoms with van der Waals surface area (Å²) >= 11 is 0. The highest BCUT2D eigenvalue weighted by Gasteiger charge is 2.23. The van der Waals surface area contributed by atoms with E-state index in [0.29, 0.717) is 24.4 Å². The zero-order valence-corrected chi connectivity index (χ0v) is 14.6. The molecule has 2 aromatic carbocycles. The number of cyclic esters (lactones) is 1. The Bertz CT molecular complexity index is 1150. The molecule has 8 heteroatoms. The molecule has 1 aromatic heterocycles. The maximum Gasteiger partial charge on any atom is 0.414 e. The molecule has 0 atom stereocenters. The summed E-state index contributed by atoms with van der Waals surface area (Å²) in [5, 5.41) is 9.05. The molecule has 0 bridgehead atoms. The first kappa shape index (κ1) is 17.7. The normalized spacial score (nSPS) is 13.8. The number of benzene rings is 2. The van der Waals surface area contributed by atoms with Crippen molar-refractivity contribution in [2.24, 2.45) is 0 Å². The summed E-state index contributed by atoms with van der Waals surface area (Å²) in [6.07, 6.45) is 0.818. The summed E-state index contributed by atoms with van der Waals surface area (Å²) in [4.78, 5) is 36.9. The number of hydrogen-bond acceptors (Lipinski definition) is 4. The van der Waals surface area contributed by atoms with E-state index in [4.69, 9.17) is 4.74 Å². The number of fused-ring (bicyclic) bond motifs is 1. The fourth-order valence-electron chi connectivity index (χ4n) is 3.28. The standard InChI is InChI=1S/C20H15FN2O5/c21-15-2-1-3-16-17(15)18(24)14(19(25)26)11-22(16)10-12-4-6-13(7-5-12)23-8-9-28-20(23)27/h1-7,11H,8-10H2,(H,25,26). The van der Waals surface area contributed by atoms with Crippen molar-refractivity contribution in [2.75, 3.05) is 18.1 Å². The van der Waals surface area contributed by atoms with Gasteiger partial charge in [-0.2, -0.15) is 0 Å². The molecule has 0 spiro atoms. The van der Waals surface area contributed by atoms with E-state index in [1.165, 1.54) is 21.7 Å². The second-order valence-electron chi connectivity index (χ2n) is 6.37. The van der Waals surface area contributed by atoms with Gasteiger partial charge in [-0.1, -0.05) is 18.2 Å². The van der Waals surface area contributed by atoms with Gasteiger partial charge in [-0.15, -0.1) is 0 Å². The van der Waals surface area contributed by atoms with Crippen LogP contribution in [0.1, 0.15) is 15.9 Å². The number of carboxylic acids is 1. The van der Waals surface area contributed by atoms with E-state index in [-0.39, 0.29) is 11.9 Å². The van der Waals surface area contributed by atoms with Gasteiger partial charge in [-0.25, -0.2) is 14.0 Å². The van der Waals surface area contributed by atoms with Gasteiger partial charge in [0.1, 0.15) is 18.0 Å². The lowest BCUT2D eigenvalue weighted by Crippen LogP contribution is -2.23. The third kappa shape index (κ3) is 2.98. The highest BCUT2D eigenvalue weighted by atomic mass is 19.1. The van der Waals surface area contributed by atoms with Gasteiger partial charge in [-0.05, 0) is 29.8 Å². The summed E-state index contributed by atoms with van der Waals surface area (Å²) in [6.45, 7) is 1.04. The maximum atomic E-state index is 14.2. The number of hydrogen-bond donors (Lipinski definition) is 1. The van der Waals surface area contributed by atoms with Crippen molar-refractivity contribution >= 4 is 28.7 Å². The summed E-state index contributed by atoms with van der Waals surface area (Å²) < 4.78 is 20.7. The lowest BCUT2D eigenvalue weighted by Gasteiger charge is -2.15. The predicted molar refractivity (Wildman–Crippen MR) is 99.4 cm³/mol. The van der Waals surface area contributed by atoms with Crippen LogP contribution >= 0.6 is 0 Å². The molecule has 1 N–H and O–H groups in total. The highest BCUT2D eigenvalue weighted by molar-refractivity contribution is 5.93. The van der Waals surface area contributed by atoms with E-state index >= 15 is 0 Å². The molecule has 1 amide bonds. The molecule has 0 unspecified atom stereocenters. The molecule has 0 aliphatic carbocycles. The minimum atomic E-state index is -1.41. The van der Waals surface area contributed by atoms with E-state index in [0.717, 1.165) is 11.6 Å². The van der Waals surface area contributed by atoms with Crippen LogP contribution in [0.15, 0.2) is 53.5 Å². The van der Waals surface area contributed by atoms with Crippen LogP contribution in [0.25, 0.3) is 10.9 Å². The average molecular weight is 382 g/mol. The quantitative estimate of drug-likeness (QED) is 0.750. The second-order valence-corrected chi connectivity index (χ2v) is 6.37. The van der Waals surface area contributed by atoms with Gasteiger partial charge in [0.25, 0.3) is 0 Å². The number of carboxylic acid groups (broad SMARTS) is 1. The number of halogens is 1. The fraction of sp³-hybridized carbons (Fsp3) is 0.150. The minimum Gasteiger partial charge on any atom is -0.477 e. The monoisotopic (exact) mass is 382 g/mol. The molecule has 0 radical (unpaired) electrons. The van der Waals surface area contributed by atoms with Crippen LogP contribution in [0.5, 0.6) is 0 Å². The van der Waals surface area contributed by atoms with Crippen molar-refractivity contribution < 1.29 is 23.8 Å². The third-order valence-electron chi connectivity index (χ3n) is 4.65. The number of pyridine rings is 1. The Hall–Kier alpha value is -3.68. The lowest BCUT2D eigenvalue weighted by molar-refractivity contribution is 0.0694. The van der Waals surface area contributed by atoms with E-state index in [1.807, 2.05) is 0 Å².